The summed E-state index contributed by atoms with van der Waals surface area (Å²) in [6, 6.07) is 20.8. The second-order valence-electron chi connectivity index (χ2n) is 7.42. The third kappa shape index (κ3) is 3.83. The molecule has 0 radical (unpaired) electrons. The van der Waals surface area contributed by atoms with Crippen LogP contribution in [0.4, 0.5) is 13.2 Å². The van der Waals surface area contributed by atoms with Gasteiger partial charge in [-0.15, -0.1) is 0 Å². The molecule has 152 valence electrons. The van der Waals surface area contributed by atoms with Crippen molar-refractivity contribution in [1.29, 1.82) is 0 Å². The summed E-state index contributed by atoms with van der Waals surface area (Å²) < 4.78 is 40.9. The van der Waals surface area contributed by atoms with E-state index in [0.29, 0.717) is 11.4 Å². The number of hydrogen-bond acceptors (Lipinski definition) is 3. The number of pyridine rings is 2. The standard InChI is InChI=1S/C23H19F3N4/c1-22(2,20-14-15-30(29-20)16-8-4-3-5-9-16)19-12-6-10-17(27-19)18-11-7-13-21(28-18)23(24,25)26/h3-15H,1-2H3. The van der Waals surface area contributed by atoms with Crippen LogP contribution in [-0.4, -0.2) is 19.7 Å². The molecule has 0 saturated carbocycles. The Morgan fingerprint density at radius 2 is 1.27 bits per heavy atom. The molecule has 0 aliphatic heterocycles. The molecular weight excluding hydrogens is 389 g/mol. The first-order chi connectivity index (χ1) is 14.2. The van der Waals surface area contributed by atoms with Crippen LogP contribution in [0.5, 0.6) is 0 Å². The molecule has 0 atom stereocenters. The van der Waals surface area contributed by atoms with E-state index >= 15 is 0 Å². The smallest absolute Gasteiger partial charge is 0.250 e. The summed E-state index contributed by atoms with van der Waals surface area (Å²) in [7, 11) is 0. The maximum absolute atomic E-state index is 13.0. The fourth-order valence-corrected chi connectivity index (χ4v) is 3.17. The molecular formula is C23H19F3N4. The Labute approximate surface area is 172 Å². The van der Waals surface area contributed by atoms with Gasteiger partial charge >= 0.3 is 6.18 Å². The predicted molar refractivity (Wildman–Crippen MR) is 108 cm³/mol. The van der Waals surface area contributed by atoms with Crippen molar-refractivity contribution >= 4 is 0 Å². The molecule has 0 spiro atoms. The van der Waals surface area contributed by atoms with Crippen LogP contribution in [-0.2, 0) is 11.6 Å². The van der Waals surface area contributed by atoms with Gasteiger partial charge in [-0.25, -0.2) is 9.67 Å². The normalized spacial score (nSPS) is 12.2. The molecule has 0 bridgehead atoms. The van der Waals surface area contributed by atoms with Crippen LogP contribution >= 0.6 is 0 Å². The molecule has 0 aliphatic carbocycles. The fourth-order valence-electron chi connectivity index (χ4n) is 3.17. The molecule has 3 heterocycles. The summed E-state index contributed by atoms with van der Waals surface area (Å²) in [5.41, 5.74) is 1.50. The summed E-state index contributed by atoms with van der Waals surface area (Å²) in [6.07, 6.45) is -2.62. The van der Waals surface area contributed by atoms with Gasteiger partial charge in [0.1, 0.15) is 5.69 Å². The Morgan fingerprint density at radius 3 is 1.90 bits per heavy atom. The van der Waals surface area contributed by atoms with Crippen LogP contribution in [0, 0.1) is 0 Å². The molecule has 30 heavy (non-hydrogen) atoms. The van der Waals surface area contributed by atoms with E-state index in [2.05, 4.69) is 15.1 Å². The Bertz CT molecular complexity index is 1160. The number of para-hydroxylation sites is 1. The lowest BCUT2D eigenvalue weighted by Crippen LogP contribution is -2.22. The summed E-state index contributed by atoms with van der Waals surface area (Å²) >= 11 is 0. The molecule has 1 aromatic carbocycles. The van der Waals surface area contributed by atoms with Gasteiger partial charge in [0.25, 0.3) is 0 Å². The van der Waals surface area contributed by atoms with E-state index in [9.17, 15) is 13.2 Å². The van der Waals surface area contributed by atoms with Crippen molar-refractivity contribution in [3.8, 4) is 17.1 Å². The van der Waals surface area contributed by atoms with Gasteiger partial charge < -0.3 is 0 Å². The number of halogens is 3. The minimum atomic E-state index is -4.50. The van der Waals surface area contributed by atoms with Gasteiger partial charge in [-0.2, -0.15) is 18.3 Å². The highest BCUT2D eigenvalue weighted by atomic mass is 19.4. The van der Waals surface area contributed by atoms with Crippen molar-refractivity contribution in [2.45, 2.75) is 25.4 Å². The summed E-state index contributed by atoms with van der Waals surface area (Å²) in [4.78, 5) is 8.36. The van der Waals surface area contributed by atoms with Crippen molar-refractivity contribution in [3.63, 3.8) is 0 Å². The lowest BCUT2D eigenvalue weighted by molar-refractivity contribution is -0.141. The second-order valence-corrected chi connectivity index (χ2v) is 7.42. The minimum absolute atomic E-state index is 0.178. The SMILES string of the molecule is CC(C)(c1cccc(-c2cccc(C(F)(F)F)n2)n1)c1ccn(-c2ccccc2)n1. The summed E-state index contributed by atoms with van der Waals surface area (Å²) in [5, 5.41) is 4.69. The van der Waals surface area contributed by atoms with Crippen molar-refractivity contribution in [2.75, 3.05) is 0 Å². The van der Waals surface area contributed by atoms with Crippen LogP contribution in [0.2, 0.25) is 0 Å². The topological polar surface area (TPSA) is 43.6 Å². The Hall–Kier alpha value is -3.48. The number of rotatable bonds is 4. The molecule has 4 nitrogen and oxygen atoms in total. The van der Waals surface area contributed by atoms with E-state index < -0.39 is 17.3 Å². The van der Waals surface area contributed by atoms with Crippen molar-refractivity contribution in [1.82, 2.24) is 19.7 Å². The zero-order valence-corrected chi connectivity index (χ0v) is 16.4. The molecule has 0 fully saturated rings. The van der Waals surface area contributed by atoms with Crippen LogP contribution in [0.1, 0.15) is 30.9 Å². The van der Waals surface area contributed by atoms with Crippen LogP contribution in [0.15, 0.2) is 79.0 Å². The molecule has 4 rings (SSSR count). The molecule has 0 saturated heterocycles. The molecule has 0 aliphatic rings. The summed E-state index contributed by atoms with van der Waals surface area (Å²) in [5.74, 6) is 0. The van der Waals surface area contributed by atoms with Gasteiger partial charge in [-0.3, -0.25) is 4.98 Å². The van der Waals surface area contributed by atoms with Gasteiger partial charge in [0.2, 0.25) is 0 Å². The number of hydrogen-bond donors (Lipinski definition) is 0. The third-order valence-corrected chi connectivity index (χ3v) is 4.94. The lowest BCUT2D eigenvalue weighted by Gasteiger charge is -2.22. The van der Waals surface area contributed by atoms with Gasteiger partial charge in [0, 0.05) is 6.20 Å². The average molecular weight is 408 g/mol. The van der Waals surface area contributed by atoms with Gasteiger partial charge in [-0.1, -0.05) is 30.3 Å². The van der Waals surface area contributed by atoms with Crippen LogP contribution in [0.25, 0.3) is 17.1 Å². The number of nitrogens with zero attached hydrogens (tertiary/aromatic N) is 4. The highest BCUT2D eigenvalue weighted by Crippen LogP contribution is 2.32. The zero-order chi connectivity index (χ0) is 21.4. The molecule has 7 heteroatoms. The predicted octanol–water partition coefficient (Wildman–Crippen LogP) is 5.67. The van der Waals surface area contributed by atoms with E-state index in [-0.39, 0.29) is 5.69 Å². The minimum Gasteiger partial charge on any atom is -0.250 e. The molecule has 4 aromatic rings. The monoisotopic (exact) mass is 408 g/mol. The molecule has 0 amide bonds. The average Bonchev–Trinajstić information content (AvgIpc) is 3.25. The van der Waals surface area contributed by atoms with Crippen molar-refractivity contribution in [2.24, 2.45) is 0 Å². The van der Waals surface area contributed by atoms with Gasteiger partial charge in [0.05, 0.1) is 33.9 Å². The van der Waals surface area contributed by atoms with E-state index in [0.717, 1.165) is 17.4 Å². The highest BCUT2D eigenvalue weighted by Gasteiger charge is 2.33. The Balaban J connectivity index is 1.69. The molecule has 0 unspecified atom stereocenters. The number of alkyl halides is 3. The van der Waals surface area contributed by atoms with E-state index in [1.54, 1.807) is 16.8 Å². The van der Waals surface area contributed by atoms with Gasteiger partial charge in [-0.05, 0) is 56.3 Å². The largest absolute Gasteiger partial charge is 0.433 e. The second kappa shape index (κ2) is 7.40. The maximum atomic E-state index is 13.0. The highest BCUT2D eigenvalue weighted by molar-refractivity contribution is 5.55. The first kappa shape index (κ1) is 19.8. The first-order valence-electron chi connectivity index (χ1n) is 9.39. The Kier molecular flexibility index (Phi) is 4.89. The van der Waals surface area contributed by atoms with Crippen molar-refractivity contribution < 1.29 is 13.2 Å². The van der Waals surface area contributed by atoms with Crippen LogP contribution in [0.3, 0.4) is 0 Å². The number of aromatic nitrogens is 4. The maximum Gasteiger partial charge on any atom is 0.433 e. The zero-order valence-electron chi connectivity index (χ0n) is 16.4. The van der Waals surface area contributed by atoms with Gasteiger partial charge in [0.15, 0.2) is 0 Å². The third-order valence-electron chi connectivity index (χ3n) is 4.94. The summed E-state index contributed by atoms with van der Waals surface area (Å²) in [6.45, 7) is 3.96. The van der Waals surface area contributed by atoms with Crippen LogP contribution < -0.4 is 0 Å². The lowest BCUT2D eigenvalue weighted by atomic mass is 9.85. The molecule has 3 aromatic heterocycles. The quantitative estimate of drug-likeness (QED) is 0.437. The first-order valence-corrected chi connectivity index (χ1v) is 9.39. The number of benzene rings is 1. The fraction of sp³-hybridized carbons (Fsp3) is 0.174. The Morgan fingerprint density at radius 1 is 0.667 bits per heavy atom. The van der Waals surface area contributed by atoms with E-state index in [1.807, 2.05) is 62.5 Å². The van der Waals surface area contributed by atoms with Crippen molar-refractivity contribution in [3.05, 3.63) is 96.1 Å². The molecule has 0 N–H and O–H groups in total. The van der Waals surface area contributed by atoms with E-state index in [4.69, 9.17) is 0 Å². The van der Waals surface area contributed by atoms with E-state index in [1.165, 1.54) is 12.1 Å².